The lowest BCUT2D eigenvalue weighted by Crippen LogP contribution is -2.64. The average molecular weight is 789 g/mol. The minimum Gasteiger partial charge on any atom is -0.507 e. The molecule has 3 fully saturated rings. The van der Waals surface area contributed by atoms with Crippen LogP contribution >= 0.6 is 0 Å². The van der Waals surface area contributed by atoms with E-state index in [0.29, 0.717) is 0 Å². The highest BCUT2D eigenvalue weighted by molar-refractivity contribution is 5.88. The molecule has 0 aliphatic carbocycles. The van der Waals surface area contributed by atoms with E-state index in [1.807, 2.05) is 0 Å². The van der Waals surface area contributed by atoms with Crippen molar-refractivity contribution in [3.05, 3.63) is 40.6 Å². The van der Waals surface area contributed by atoms with E-state index in [0.717, 1.165) is 24.3 Å². The first-order valence-electron chi connectivity index (χ1n) is 16.7. The highest BCUT2D eigenvalue weighted by atomic mass is 17.2. The summed E-state index contributed by atoms with van der Waals surface area (Å²) in [6.45, 7) is 1.97. The molecule has 12 N–H and O–H groups in total. The number of hydrogen-bond donors (Lipinski definition) is 12. The van der Waals surface area contributed by atoms with E-state index < -0.39 is 144 Å². The minimum absolute atomic E-state index is 0.0828. The first kappa shape index (κ1) is 40.7. The topological polar surface area (TPSA) is 347 Å². The number of hydrogen-bond acceptors (Lipinski definition) is 22. The number of aromatic hydroxyl groups is 3. The number of phenolic OH excluding ortho intramolecular Hbond substituents is 3. The Morgan fingerprint density at radius 1 is 0.636 bits per heavy atom. The first-order valence-corrected chi connectivity index (χ1v) is 16.7. The Hall–Kier alpha value is -3.95. The van der Waals surface area contributed by atoms with Crippen LogP contribution in [0.2, 0.25) is 0 Å². The molecule has 1 aromatic heterocycles. The summed E-state index contributed by atoms with van der Waals surface area (Å²) in [4.78, 5) is 34.7. The quantitative estimate of drug-likeness (QED) is 0.0543. The second kappa shape index (κ2) is 16.3. The third-order valence-electron chi connectivity index (χ3n) is 9.34. The second-order valence-electron chi connectivity index (χ2n) is 13.1. The Morgan fingerprint density at radius 2 is 1.25 bits per heavy atom. The fourth-order valence-corrected chi connectivity index (χ4v) is 6.10. The number of ether oxygens (including phenoxy) is 4. The summed E-state index contributed by atoms with van der Waals surface area (Å²) in [5.41, 5.74) is -1.56. The molecule has 304 valence electrons. The van der Waals surface area contributed by atoms with Crippen LogP contribution in [0.5, 0.6) is 28.7 Å². The van der Waals surface area contributed by atoms with Gasteiger partial charge in [0.15, 0.2) is 29.3 Å². The van der Waals surface area contributed by atoms with Crippen LogP contribution in [0.4, 0.5) is 0 Å². The van der Waals surface area contributed by atoms with Crippen molar-refractivity contribution in [3.8, 4) is 40.1 Å². The third kappa shape index (κ3) is 7.89. The van der Waals surface area contributed by atoms with Gasteiger partial charge in [0, 0.05) is 17.7 Å². The normalized spacial score (nSPS) is 36.8. The molecule has 0 radical (unpaired) electrons. The Labute approximate surface area is 308 Å². The second-order valence-corrected chi connectivity index (χ2v) is 13.1. The fourth-order valence-electron chi connectivity index (χ4n) is 6.10. The SMILES string of the molecule is C[C@@H]1O[C@@H](OOc2cc(O)c3c(=O)c(OO[C@H]4O[C@H](C)[C@@H](O)[C@H](O)[C@@H]4O)c(-c4ccc(O)c(O)c4)oc3c2)[C@H](O)[C@H](O[C@@H]2O[C@H](CO)[C@@H](O)[C@H](O)[C@H]2O)[C@H]1O. The van der Waals surface area contributed by atoms with Gasteiger partial charge in [-0.15, -0.1) is 0 Å². The predicted molar refractivity (Wildman–Crippen MR) is 174 cm³/mol. The van der Waals surface area contributed by atoms with Gasteiger partial charge < -0.3 is 94.4 Å². The van der Waals surface area contributed by atoms with Gasteiger partial charge in [0.1, 0.15) is 77.8 Å². The zero-order chi connectivity index (χ0) is 40.0. The molecule has 0 amide bonds. The lowest BCUT2D eigenvalue weighted by atomic mass is 9.97. The molecule has 55 heavy (non-hydrogen) atoms. The Kier molecular flexibility index (Phi) is 12.0. The van der Waals surface area contributed by atoms with Crippen LogP contribution in [0.25, 0.3) is 22.3 Å². The van der Waals surface area contributed by atoms with Gasteiger partial charge in [-0.3, -0.25) is 4.79 Å². The highest BCUT2D eigenvalue weighted by Crippen LogP contribution is 2.39. The van der Waals surface area contributed by atoms with E-state index in [2.05, 4.69) is 0 Å². The zero-order valence-electron chi connectivity index (χ0n) is 28.7. The molecule has 0 saturated carbocycles. The largest absolute Gasteiger partial charge is 0.507 e. The van der Waals surface area contributed by atoms with Crippen LogP contribution in [0.15, 0.2) is 39.5 Å². The molecular weight excluding hydrogens is 748 g/mol. The van der Waals surface area contributed by atoms with Crippen molar-refractivity contribution in [3.63, 3.8) is 0 Å². The van der Waals surface area contributed by atoms with Crippen molar-refractivity contribution in [1.29, 1.82) is 0 Å². The van der Waals surface area contributed by atoms with Crippen LogP contribution < -0.4 is 15.2 Å². The van der Waals surface area contributed by atoms with Crippen molar-refractivity contribution < 1.29 is 104 Å². The molecule has 0 unspecified atom stereocenters. The molecule has 3 aliphatic rings. The number of phenols is 3. The van der Waals surface area contributed by atoms with E-state index >= 15 is 0 Å². The number of rotatable bonds is 10. The van der Waals surface area contributed by atoms with E-state index in [9.17, 15) is 66.1 Å². The van der Waals surface area contributed by atoms with Crippen molar-refractivity contribution in [2.75, 3.05) is 6.61 Å². The molecule has 3 saturated heterocycles. The molecule has 0 bridgehead atoms. The monoisotopic (exact) mass is 788 g/mol. The lowest BCUT2D eigenvalue weighted by molar-refractivity contribution is -0.401. The maximum Gasteiger partial charge on any atom is 0.256 e. The van der Waals surface area contributed by atoms with Crippen LogP contribution in [0.1, 0.15) is 13.8 Å². The van der Waals surface area contributed by atoms with E-state index in [4.69, 9.17) is 42.9 Å². The van der Waals surface area contributed by atoms with Crippen molar-refractivity contribution >= 4 is 11.0 Å². The fraction of sp³-hybridized carbons (Fsp3) is 0.545. The summed E-state index contributed by atoms with van der Waals surface area (Å²) in [6, 6.07) is 5.19. The van der Waals surface area contributed by atoms with E-state index in [1.165, 1.54) is 19.9 Å². The summed E-state index contributed by atoms with van der Waals surface area (Å²) in [5, 5.41) is 123. The van der Waals surface area contributed by atoms with Gasteiger partial charge in [-0.25, -0.2) is 0 Å². The molecule has 22 heteroatoms. The molecule has 2 aromatic carbocycles. The third-order valence-corrected chi connectivity index (χ3v) is 9.34. The van der Waals surface area contributed by atoms with E-state index in [-0.39, 0.29) is 11.3 Å². The maximum absolute atomic E-state index is 13.8. The van der Waals surface area contributed by atoms with Crippen molar-refractivity contribution in [2.45, 2.75) is 106 Å². The van der Waals surface area contributed by atoms with Gasteiger partial charge in [0.05, 0.1) is 18.8 Å². The van der Waals surface area contributed by atoms with E-state index in [1.54, 1.807) is 0 Å². The molecule has 4 heterocycles. The molecular formula is C33H40O22. The molecule has 3 aliphatic heterocycles. The number of aliphatic hydroxyl groups excluding tert-OH is 9. The maximum atomic E-state index is 13.8. The first-order chi connectivity index (χ1) is 26.0. The molecule has 3 aromatic rings. The van der Waals surface area contributed by atoms with Crippen LogP contribution in [-0.2, 0) is 28.7 Å². The molecule has 0 spiro atoms. The van der Waals surface area contributed by atoms with Crippen molar-refractivity contribution in [2.24, 2.45) is 0 Å². The van der Waals surface area contributed by atoms with Crippen LogP contribution in [0.3, 0.4) is 0 Å². The lowest BCUT2D eigenvalue weighted by Gasteiger charge is -2.45. The summed E-state index contributed by atoms with van der Waals surface area (Å²) in [5.74, 6) is -3.56. The van der Waals surface area contributed by atoms with Crippen molar-refractivity contribution in [1.82, 2.24) is 0 Å². The van der Waals surface area contributed by atoms with Crippen LogP contribution in [0, 0.1) is 0 Å². The molecule has 15 atom stereocenters. The van der Waals surface area contributed by atoms with Gasteiger partial charge >= 0.3 is 0 Å². The Bertz CT molecular complexity index is 1870. The van der Waals surface area contributed by atoms with Gasteiger partial charge in [-0.1, -0.05) is 0 Å². The standard InChI is InChI=1S/C33H40O22/c1-9-19(38)23(42)26(45)32(47-9)55-53-30-22(41)18-15(37)6-12(7-16(18)49-28(30)11-3-4-13(35)14(36)5-11)52-54-33-27(46)29(20(39)10(2)48-33)51-31-25(44)24(43)21(40)17(8-34)50-31/h3-7,9-10,17,19-21,23-27,29,31-40,42-46H,8H2,1-2H3/t9-,10+,17-,19-,20+,21-,23+,24+,25-,26+,27-,29-,31+,32-,33+/m1/s1. The van der Waals surface area contributed by atoms with Gasteiger partial charge in [0.25, 0.3) is 5.75 Å². The number of fused-ring (bicyclic) bond motifs is 1. The van der Waals surface area contributed by atoms with Gasteiger partial charge in [-0.05, 0) is 32.0 Å². The molecule has 22 nitrogen and oxygen atoms in total. The molecule has 6 rings (SSSR count). The Morgan fingerprint density at radius 3 is 1.93 bits per heavy atom. The average Bonchev–Trinajstić information content (AvgIpc) is 3.15. The number of aliphatic hydroxyl groups is 9. The minimum atomic E-state index is -1.89. The summed E-state index contributed by atoms with van der Waals surface area (Å²) >= 11 is 0. The van der Waals surface area contributed by atoms with Gasteiger partial charge in [0.2, 0.25) is 18.0 Å². The smallest absolute Gasteiger partial charge is 0.256 e. The summed E-state index contributed by atoms with van der Waals surface area (Å²) in [6.07, 6.45) is -24.3. The highest BCUT2D eigenvalue weighted by Gasteiger charge is 2.51. The zero-order valence-corrected chi connectivity index (χ0v) is 28.7. The Balaban J connectivity index is 1.26. The van der Waals surface area contributed by atoms with Crippen LogP contribution in [-0.4, -0.2) is 160 Å². The van der Waals surface area contributed by atoms with Gasteiger partial charge in [-0.2, -0.15) is 9.78 Å². The summed E-state index contributed by atoms with van der Waals surface area (Å²) < 4.78 is 27.6. The number of benzene rings is 2. The predicted octanol–water partition coefficient (Wildman–Crippen LogP) is -3.32. The summed E-state index contributed by atoms with van der Waals surface area (Å²) in [7, 11) is 0.